The Morgan fingerprint density at radius 1 is 0.773 bits per heavy atom. The first kappa shape index (κ1) is 23.0. The van der Waals surface area contributed by atoms with Gasteiger partial charge in [0, 0.05) is 38.4 Å². The minimum atomic E-state index is -4.12. The van der Waals surface area contributed by atoms with Crippen LogP contribution in [0, 0.1) is 0 Å². The zero-order chi connectivity index (χ0) is 17.8. The van der Waals surface area contributed by atoms with Gasteiger partial charge in [0.1, 0.15) is 0 Å². The third-order valence-corrected chi connectivity index (χ3v) is 3.47. The van der Waals surface area contributed by atoms with Crippen molar-refractivity contribution < 1.29 is 35.5 Å². The van der Waals surface area contributed by atoms with Crippen LogP contribution in [-0.4, -0.2) is 62.4 Å². The minimum absolute atomic E-state index is 0.172. The van der Waals surface area contributed by atoms with Crippen molar-refractivity contribution >= 4 is 32.1 Å². The molecule has 0 aromatic rings. The van der Waals surface area contributed by atoms with Crippen LogP contribution < -0.4 is 10.6 Å². The summed E-state index contributed by atoms with van der Waals surface area (Å²) in [5.74, 6) is -1.30. The molecule has 12 heteroatoms. The average molecular weight is 360 g/mol. The van der Waals surface area contributed by atoms with E-state index in [2.05, 4.69) is 10.6 Å². The Hall–Kier alpha value is -1.24. The number of rotatable bonds is 8. The van der Waals surface area contributed by atoms with Crippen molar-refractivity contribution in [1.82, 2.24) is 10.6 Å². The first-order chi connectivity index (χ1) is 9.83. The zero-order valence-corrected chi connectivity index (χ0v) is 14.0. The maximum atomic E-state index is 10.2. The molecule has 0 heterocycles. The Labute approximate surface area is 130 Å². The van der Waals surface area contributed by atoms with E-state index in [4.69, 9.17) is 0 Å². The van der Waals surface area contributed by atoms with Gasteiger partial charge in [0.2, 0.25) is 11.8 Å². The molecule has 0 unspecified atom stereocenters. The molecule has 0 aliphatic rings. The van der Waals surface area contributed by atoms with Crippen LogP contribution in [0.2, 0.25) is 0 Å². The minimum Gasteiger partial charge on any atom is -0.748 e. The standard InChI is InChI=1S/2C5H11NO4S/c2*1-5(7)6-3-2-4-11(8,9)10/h2*2-4H2,1H3,(H,6,7)(H,8,9,10)/p-2. The van der Waals surface area contributed by atoms with Crippen molar-refractivity contribution in [1.29, 1.82) is 0 Å². The van der Waals surface area contributed by atoms with Crippen molar-refractivity contribution in [2.24, 2.45) is 0 Å². The van der Waals surface area contributed by atoms with Gasteiger partial charge >= 0.3 is 0 Å². The summed E-state index contributed by atoms with van der Waals surface area (Å²) in [4.78, 5) is 20.5. The van der Waals surface area contributed by atoms with Gasteiger partial charge in [-0.15, -0.1) is 0 Å². The predicted octanol–water partition coefficient (Wildman–Crippen LogP) is -1.88. The summed E-state index contributed by atoms with van der Waals surface area (Å²) in [6, 6.07) is 0. The highest BCUT2D eigenvalue weighted by molar-refractivity contribution is 7.85. The summed E-state index contributed by atoms with van der Waals surface area (Å²) in [6.07, 6.45) is 0.344. The van der Waals surface area contributed by atoms with Crippen molar-refractivity contribution in [2.75, 3.05) is 24.6 Å². The molecule has 0 rings (SSSR count). The average Bonchev–Trinajstić information content (AvgIpc) is 2.28. The maximum Gasteiger partial charge on any atom is 0.216 e. The van der Waals surface area contributed by atoms with E-state index < -0.39 is 31.7 Å². The van der Waals surface area contributed by atoms with E-state index >= 15 is 0 Å². The summed E-state index contributed by atoms with van der Waals surface area (Å²) in [6.45, 7) is 3.12. The van der Waals surface area contributed by atoms with Crippen molar-refractivity contribution in [3.63, 3.8) is 0 Å². The molecule has 132 valence electrons. The summed E-state index contributed by atoms with van der Waals surface area (Å²) < 4.78 is 60.0. The number of hydrogen-bond donors (Lipinski definition) is 2. The Morgan fingerprint density at radius 2 is 1.05 bits per heavy atom. The van der Waals surface area contributed by atoms with Crippen LogP contribution in [0.25, 0.3) is 0 Å². The van der Waals surface area contributed by atoms with Crippen LogP contribution in [0.4, 0.5) is 0 Å². The van der Waals surface area contributed by atoms with E-state index in [1.165, 1.54) is 13.8 Å². The first-order valence-electron chi connectivity index (χ1n) is 6.19. The Balaban J connectivity index is 0. The predicted molar refractivity (Wildman–Crippen MR) is 75.7 cm³/mol. The fourth-order valence-electron chi connectivity index (χ4n) is 1.03. The molecule has 22 heavy (non-hydrogen) atoms. The van der Waals surface area contributed by atoms with Gasteiger partial charge in [-0.05, 0) is 12.8 Å². The molecule has 0 aliphatic carbocycles. The lowest BCUT2D eigenvalue weighted by Crippen LogP contribution is -2.22. The van der Waals surface area contributed by atoms with Gasteiger partial charge in [0.05, 0.1) is 20.2 Å². The molecule has 2 N–H and O–H groups in total. The number of nitrogens with one attached hydrogen (secondary N) is 2. The summed E-state index contributed by atoms with van der Waals surface area (Å²) in [7, 11) is -8.25. The Kier molecular flexibility index (Phi) is 11.9. The molecule has 0 fully saturated rings. The highest BCUT2D eigenvalue weighted by Crippen LogP contribution is 1.86. The second kappa shape index (κ2) is 11.3. The van der Waals surface area contributed by atoms with E-state index in [0.29, 0.717) is 0 Å². The third-order valence-electron chi connectivity index (χ3n) is 1.89. The van der Waals surface area contributed by atoms with Crippen LogP contribution in [0.15, 0.2) is 0 Å². The Bertz CT molecular complexity index is 491. The molecule has 0 radical (unpaired) electrons. The first-order valence-corrected chi connectivity index (χ1v) is 9.35. The summed E-state index contributed by atoms with van der Waals surface area (Å²) >= 11 is 0. The fraction of sp³-hybridized carbons (Fsp3) is 0.800. The SMILES string of the molecule is CC(=O)NCCCS(=O)(=O)[O-].CC(=O)NCCCS(=O)(=O)[O-]. The van der Waals surface area contributed by atoms with E-state index in [0.717, 1.165) is 0 Å². The lowest BCUT2D eigenvalue weighted by atomic mass is 10.5. The van der Waals surface area contributed by atoms with Crippen LogP contribution in [0.5, 0.6) is 0 Å². The second-order valence-electron chi connectivity index (χ2n) is 4.20. The van der Waals surface area contributed by atoms with E-state index in [9.17, 15) is 35.5 Å². The molecule has 0 bridgehead atoms. The van der Waals surface area contributed by atoms with E-state index in [-0.39, 0.29) is 37.7 Å². The number of carbonyl (C=O) groups is 2. The number of carbonyl (C=O) groups excluding carboxylic acids is 2. The topological polar surface area (TPSA) is 173 Å². The monoisotopic (exact) mass is 360 g/mol. The summed E-state index contributed by atoms with van der Waals surface area (Å²) in [5.41, 5.74) is 0. The largest absolute Gasteiger partial charge is 0.748 e. The molecule has 0 atom stereocenters. The van der Waals surface area contributed by atoms with Crippen molar-refractivity contribution in [3.8, 4) is 0 Å². The van der Waals surface area contributed by atoms with Gasteiger partial charge in [-0.1, -0.05) is 0 Å². The molecular formula is C10H20N2O8S2-2. The van der Waals surface area contributed by atoms with Gasteiger partial charge in [-0.3, -0.25) is 9.59 Å². The van der Waals surface area contributed by atoms with Gasteiger partial charge < -0.3 is 19.7 Å². The smallest absolute Gasteiger partial charge is 0.216 e. The number of amides is 2. The zero-order valence-electron chi connectivity index (χ0n) is 12.3. The van der Waals surface area contributed by atoms with Crippen LogP contribution in [0.1, 0.15) is 26.7 Å². The molecule has 0 saturated carbocycles. The van der Waals surface area contributed by atoms with Gasteiger partial charge in [0.15, 0.2) is 0 Å². The van der Waals surface area contributed by atoms with Crippen LogP contribution >= 0.6 is 0 Å². The Morgan fingerprint density at radius 3 is 1.23 bits per heavy atom. The third kappa shape index (κ3) is 27.2. The van der Waals surface area contributed by atoms with Crippen LogP contribution in [-0.2, 0) is 29.8 Å². The maximum absolute atomic E-state index is 10.2. The van der Waals surface area contributed by atoms with Crippen LogP contribution in [0.3, 0.4) is 0 Å². The lowest BCUT2D eigenvalue weighted by molar-refractivity contribution is -0.119. The fourth-order valence-corrected chi connectivity index (χ4v) is 2.02. The molecule has 0 saturated heterocycles. The van der Waals surface area contributed by atoms with Gasteiger partial charge in [-0.25, -0.2) is 16.8 Å². The second-order valence-corrected chi connectivity index (χ2v) is 7.24. The molecule has 10 nitrogen and oxygen atoms in total. The molecule has 2 amide bonds. The molecular weight excluding hydrogens is 340 g/mol. The number of hydrogen-bond acceptors (Lipinski definition) is 8. The highest BCUT2D eigenvalue weighted by atomic mass is 32.2. The molecule has 0 aliphatic heterocycles. The lowest BCUT2D eigenvalue weighted by Gasteiger charge is -2.05. The van der Waals surface area contributed by atoms with E-state index in [1.807, 2.05) is 0 Å². The molecule has 0 aromatic carbocycles. The highest BCUT2D eigenvalue weighted by Gasteiger charge is 1.96. The molecule has 0 spiro atoms. The molecule has 0 aromatic heterocycles. The van der Waals surface area contributed by atoms with Gasteiger partial charge in [-0.2, -0.15) is 0 Å². The van der Waals surface area contributed by atoms with E-state index in [1.54, 1.807) is 0 Å². The normalized spacial score (nSPS) is 11.1. The van der Waals surface area contributed by atoms with Gasteiger partial charge in [0.25, 0.3) is 0 Å². The van der Waals surface area contributed by atoms with Crippen molar-refractivity contribution in [3.05, 3.63) is 0 Å². The van der Waals surface area contributed by atoms with Crippen molar-refractivity contribution in [2.45, 2.75) is 26.7 Å². The summed E-state index contributed by atoms with van der Waals surface area (Å²) in [5, 5.41) is 4.75. The quantitative estimate of drug-likeness (QED) is 0.373.